The number of hydrogen-bond donors (Lipinski definition) is 1. The minimum atomic E-state index is 0.557. The van der Waals surface area contributed by atoms with Crippen LogP contribution in [-0.4, -0.2) is 13.2 Å². The van der Waals surface area contributed by atoms with E-state index >= 15 is 0 Å². The monoisotopic (exact) mass is 216 g/mol. The lowest BCUT2D eigenvalue weighted by Crippen LogP contribution is -2.15. The highest BCUT2D eigenvalue weighted by molar-refractivity contribution is 5.60. The summed E-state index contributed by atoms with van der Waals surface area (Å²) in [5, 5.41) is 12.3. The second kappa shape index (κ2) is 4.89. The van der Waals surface area contributed by atoms with Crippen LogP contribution in [0.3, 0.4) is 0 Å². The highest BCUT2D eigenvalue weighted by atomic mass is 16.5. The van der Waals surface area contributed by atoms with E-state index in [-0.39, 0.29) is 0 Å². The molecule has 0 heterocycles. The molecule has 0 spiro atoms. The van der Waals surface area contributed by atoms with Gasteiger partial charge in [-0.15, -0.1) is 0 Å². The van der Waals surface area contributed by atoms with Crippen LogP contribution in [0, 0.1) is 11.3 Å². The normalized spacial score (nSPS) is 15.8. The van der Waals surface area contributed by atoms with Crippen molar-refractivity contribution in [2.45, 2.75) is 31.7 Å². The van der Waals surface area contributed by atoms with Crippen molar-refractivity contribution in [3.63, 3.8) is 0 Å². The molecule has 16 heavy (non-hydrogen) atoms. The Labute approximate surface area is 96.0 Å². The third-order valence-corrected chi connectivity index (χ3v) is 3.05. The molecule has 84 valence electrons. The second-order valence-electron chi connectivity index (χ2n) is 4.15. The van der Waals surface area contributed by atoms with Gasteiger partial charge in [0.25, 0.3) is 0 Å². The molecule has 3 heteroatoms. The number of methoxy groups -OCH3 is 1. The van der Waals surface area contributed by atoms with Crippen LogP contribution in [0.5, 0.6) is 5.75 Å². The largest absolute Gasteiger partial charge is 0.495 e. The maximum absolute atomic E-state index is 8.81. The number of nitrogens with zero attached hydrogens (tertiary/aromatic N) is 1. The molecule has 0 atom stereocenters. The minimum Gasteiger partial charge on any atom is -0.495 e. The first-order valence-electron chi connectivity index (χ1n) is 5.68. The lowest BCUT2D eigenvalue weighted by atomic mass is 10.1. The van der Waals surface area contributed by atoms with E-state index in [1.165, 1.54) is 25.7 Å². The first kappa shape index (κ1) is 10.8. The van der Waals surface area contributed by atoms with Crippen LogP contribution in [0.4, 0.5) is 5.69 Å². The van der Waals surface area contributed by atoms with E-state index in [0.29, 0.717) is 11.6 Å². The molecule has 0 unspecified atom stereocenters. The molecule has 2 rings (SSSR count). The maximum Gasteiger partial charge on any atom is 0.143 e. The standard InChI is InChI=1S/C13H16N2O/c1-16-13-8-10(9-14)6-7-12(13)15-11-4-2-3-5-11/h6-8,11,15H,2-5H2,1H3. The van der Waals surface area contributed by atoms with Gasteiger partial charge in [0.05, 0.1) is 24.4 Å². The number of rotatable bonds is 3. The van der Waals surface area contributed by atoms with Crippen molar-refractivity contribution in [3.8, 4) is 11.8 Å². The van der Waals surface area contributed by atoms with Gasteiger partial charge in [0.1, 0.15) is 5.75 Å². The van der Waals surface area contributed by atoms with Gasteiger partial charge in [0, 0.05) is 12.1 Å². The number of anilines is 1. The van der Waals surface area contributed by atoms with Crippen molar-refractivity contribution in [2.75, 3.05) is 12.4 Å². The molecule has 0 radical (unpaired) electrons. The van der Waals surface area contributed by atoms with E-state index in [1.807, 2.05) is 12.1 Å². The van der Waals surface area contributed by atoms with Gasteiger partial charge in [-0.25, -0.2) is 0 Å². The fourth-order valence-electron chi connectivity index (χ4n) is 2.17. The van der Waals surface area contributed by atoms with Gasteiger partial charge in [-0.3, -0.25) is 0 Å². The van der Waals surface area contributed by atoms with Crippen LogP contribution in [0.25, 0.3) is 0 Å². The first-order chi connectivity index (χ1) is 7.83. The van der Waals surface area contributed by atoms with Gasteiger partial charge in [-0.2, -0.15) is 5.26 Å². The third kappa shape index (κ3) is 2.27. The molecule has 0 aliphatic heterocycles. The summed E-state index contributed by atoms with van der Waals surface area (Å²) in [6, 6.07) is 8.19. The molecule has 3 nitrogen and oxygen atoms in total. The number of nitriles is 1. The summed E-state index contributed by atoms with van der Waals surface area (Å²) in [7, 11) is 1.64. The zero-order chi connectivity index (χ0) is 11.4. The van der Waals surface area contributed by atoms with Gasteiger partial charge < -0.3 is 10.1 Å². The zero-order valence-corrected chi connectivity index (χ0v) is 9.49. The van der Waals surface area contributed by atoms with Crippen molar-refractivity contribution >= 4 is 5.69 Å². The van der Waals surface area contributed by atoms with E-state index in [2.05, 4.69) is 11.4 Å². The Morgan fingerprint density at radius 1 is 1.38 bits per heavy atom. The Hall–Kier alpha value is -1.69. The van der Waals surface area contributed by atoms with Crippen LogP contribution in [0.2, 0.25) is 0 Å². The molecule has 0 saturated heterocycles. The topological polar surface area (TPSA) is 45.0 Å². The molecule has 0 amide bonds. The zero-order valence-electron chi connectivity index (χ0n) is 9.49. The Morgan fingerprint density at radius 2 is 2.12 bits per heavy atom. The highest BCUT2D eigenvalue weighted by Gasteiger charge is 2.16. The number of ether oxygens (including phenoxy) is 1. The van der Waals surface area contributed by atoms with Gasteiger partial charge >= 0.3 is 0 Å². The Balaban J connectivity index is 2.16. The van der Waals surface area contributed by atoms with Gasteiger partial charge in [0.2, 0.25) is 0 Å². The smallest absolute Gasteiger partial charge is 0.143 e. The van der Waals surface area contributed by atoms with Crippen LogP contribution in [-0.2, 0) is 0 Å². The molecule has 0 bridgehead atoms. The third-order valence-electron chi connectivity index (χ3n) is 3.05. The average molecular weight is 216 g/mol. The summed E-state index contributed by atoms with van der Waals surface area (Å²) in [5.74, 6) is 0.756. The molecule has 1 aromatic rings. The molecule has 1 fully saturated rings. The molecule has 1 N–H and O–H groups in total. The SMILES string of the molecule is COc1cc(C#N)ccc1NC1CCCC1. The van der Waals surface area contributed by atoms with Crippen molar-refractivity contribution in [1.82, 2.24) is 0 Å². The van der Waals surface area contributed by atoms with E-state index in [4.69, 9.17) is 10.00 Å². The van der Waals surface area contributed by atoms with Crippen molar-refractivity contribution < 1.29 is 4.74 Å². The summed E-state index contributed by atoms with van der Waals surface area (Å²) >= 11 is 0. The van der Waals surface area contributed by atoms with Crippen LogP contribution in [0.15, 0.2) is 18.2 Å². The number of benzene rings is 1. The summed E-state index contributed by atoms with van der Waals surface area (Å²) in [6.07, 6.45) is 5.05. The second-order valence-corrected chi connectivity index (χ2v) is 4.15. The molecule has 1 aromatic carbocycles. The van der Waals surface area contributed by atoms with E-state index in [0.717, 1.165) is 11.4 Å². The van der Waals surface area contributed by atoms with E-state index in [9.17, 15) is 0 Å². The lowest BCUT2D eigenvalue weighted by Gasteiger charge is -2.16. The van der Waals surface area contributed by atoms with Crippen molar-refractivity contribution in [1.29, 1.82) is 5.26 Å². The van der Waals surface area contributed by atoms with Crippen molar-refractivity contribution in [2.24, 2.45) is 0 Å². The van der Waals surface area contributed by atoms with Crippen LogP contribution in [0.1, 0.15) is 31.2 Å². The number of nitrogens with one attached hydrogen (secondary N) is 1. The minimum absolute atomic E-state index is 0.557. The van der Waals surface area contributed by atoms with Crippen LogP contribution < -0.4 is 10.1 Å². The molecule has 1 aliphatic rings. The summed E-state index contributed by atoms with van der Waals surface area (Å²) in [6.45, 7) is 0. The predicted octanol–water partition coefficient (Wildman–Crippen LogP) is 2.92. The fourth-order valence-corrected chi connectivity index (χ4v) is 2.17. The molecular weight excluding hydrogens is 200 g/mol. The summed E-state index contributed by atoms with van der Waals surface area (Å²) in [4.78, 5) is 0. The average Bonchev–Trinajstić information content (AvgIpc) is 2.82. The van der Waals surface area contributed by atoms with Crippen LogP contribution >= 0.6 is 0 Å². The van der Waals surface area contributed by atoms with E-state index < -0.39 is 0 Å². The Morgan fingerprint density at radius 3 is 2.75 bits per heavy atom. The van der Waals surface area contributed by atoms with Crippen molar-refractivity contribution in [3.05, 3.63) is 23.8 Å². The maximum atomic E-state index is 8.81. The summed E-state index contributed by atoms with van der Waals surface area (Å²) in [5.41, 5.74) is 1.63. The van der Waals surface area contributed by atoms with E-state index in [1.54, 1.807) is 13.2 Å². The first-order valence-corrected chi connectivity index (χ1v) is 5.68. The lowest BCUT2D eigenvalue weighted by molar-refractivity contribution is 0.416. The highest BCUT2D eigenvalue weighted by Crippen LogP contribution is 2.29. The quantitative estimate of drug-likeness (QED) is 0.844. The fraction of sp³-hybridized carbons (Fsp3) is 0.462. The predicted molar refractivity (Wildman–Crippen MR) is 63.6 cm³/mol. The Kier molecular flexibility index (Phi) is 3.31. The molecular formula is C13H16N2O. The Bertz CT molecular complexity index is 403. The van der Waals surface area contributed by atoms with Gasteiger partial charge in [-0.1, -0.05) is 12.8 Å². The molecule has 0 aromatic heterocycles. The number of hydrogen-bond acceptors (Lipinski definition) is 3. The van der Waals surface area contributed by atoms with Gasteiger partial charge in [-0.05, 0) is 25.0 Å². The summed E-state index contributed by atoms with van der Waals surface area (Å²) < 4.78 is 5.28. The molecule has 1 saturated carbocycles. The molecule has 1 aliphatic carbocycles. The van der Waals surface area contributed by atoms with Gasteiger partial charge in [0.15, 0.2) is 0 Å².